The predicted molar refractivity (Wildman–Crippen MR) is 78.0 cm³/mol. The summed E-state index contributed by atoms with van der Waals surface area (Å²) in [4.78, 5) is 5.82. The Morgan fingerprint density at radius 2 is 2.22 bits per heavy atom. The smallest absolute Gasteiger partial charge is 0.0420 e. The average Bonchev–Trinajstić information content (AvgIpc) is 2.88. The minimum atomic E-state index is 0.372. The molecule has 0 spiro atoms. The van der Waals surface area contributed by atoms with Crippen LogP contribution in [0.15, 0.2) is 35.8 Å². The van der Waals surface area contributed by atoms with Crippen molar-refractivity contribution in [3.05, 3.63) is 52.0 Å². The normalized spacial score (nSPS) is 12.6. The monoisotopic (exact) mass is 260 g/mol. The second kappa shape index (κ2) is 6.66. The first-order valence-corrected chi connectivity index (χ1v) is 7.36. The maximum absolute atomic E-state index is 4.40. The number of aromatic nitrogens is 1. The minimum Gasteiger partial charge on any atom is -0.310 e. The lowest BCUT2D eigenvalue weighted by atomic mass is 10.0. The van der Waals surface area contributed by atoms with Gasteiger partial charge in [0.2, 0.25) is 0 Å². The molecule has 2 aromatic rings. The van der Waals surface area contributed by atoms with E-state index in [9.17, 15) is 0 Å². The number of thiophene rings is 1. The molecule has 0 aliphatic carbocycles. The van der Waals surface area contributed by atoms with Gasteiger partial charge in [-0.2, -0.15) is 0 Å². The molecule has 0 fully saturated rings. The number of aryl methyl sites for hydroxylation is 1. The van der Waals surface area contributed by atoms with Gasteiger partial charge in [0.15, 0.2) is 0 Å². The second-order valence-electron chi connectivity index (χ2n) is 4.47. The topological polar surface area (TPSA) is 24.9 Å². The molecular formula is C15H20N2S. The van der Waals surface area contributed by atoms with Crippen LogP contribution in [-0.4, -0.2) is 11.5 Å². The molecular weight excluding hydrogens is 240 g/mol. The summed E-state index contributed by atoms with van der Waals surface area (Å²) in [7, 11) is 0. The van der Waals surface area contributed by atoms with E-state index in [1.807, 2.05) is 23.6 Å². The van der Waals surface area contributed by atoms with Gasteiger partial charge in [0.25, 0.3) is 0 Å². The molecule has 0 aliphatic rings. The van der Waals surface area contributed by atoms with Crippen molar-refractivity contribution in [2.75, 3.05) is 6.54 Å². The Labute approximate surface area is 113 Å². The fourth-order valence-corrected chi connectivity index (χ4v) is 2.86. The first-order chi connectivity index (χ1) is 8.81. The zero-order valence-corrected chi connectivity index (χ0v) is 11.8. The zero-order valence-electron chi connectivity index (χ0n) is 11.0. The van der Waals surface area contributed by atoms with Crippen molar-refractivity contribution < 1.29 is 0 Å². The minimum absolute atomic E-state index is 0.372. The van der Waals surface area contributed by atoms with Crippen molar-refractivity contribution in [2.45, 2.75) is 32.7 Å². The number of pyridine rings is 1. The van der Waals surface area contributed by atoms with Crippen molar-refractivity contribution in [3.8, 4) is 0 Å². The van der Waals surface area contributed by atoms with Crippen LogP contribution in [0.1, 0.15) is 35.5 Å². The third-order valence-electron chi connectivity index (χ3n) is 3.05. The Hall–Kier alpha value is -1.19. The summed E-state index contributed by atoms with van der Waals surface area (Å²) in [6.07, 6.45) is 4.06. The number of rotatable bonds is 6. The highest BCUT2D eigenvalue weighted by molar-refractivity contribution is 7.09. The lowest BCUT2D eigenvalue weighted by molar-refractivity contribution is 0.528. The molecule has 18 heavy (non-hydrogen) atoms. The molecule has 96 valence electrons. The summed E-state index contributed by atoms with van der Waals surface area (Å²) in [6, 6.07) is 8.90. The van der Waals surface area contributed by atoms with Gasteiger partial charge in [-0.05, 0) is 43.0 Å². The Balaban J connectivity index is 2.16. The zero-order chi connectivity index (χ0) is 12.8. The Kier molecular flexibility index (Phi) is 4.90. The van der Waals surface area contributed by atoms with Crippen LogP contribution in [0.25, 0.3) is 0 Å². The summed E-state index contributed by atoms with van der Waals surface area (Å²) in [5, 5.41) is 5.77. The third kappa shape index (κ3) is 3.40. The lowest BCUT2D eigenvalue weighted by Crippen LogP contribution is -2.24. The first kappa shape index (κ1) is 13.2. The molecule has 0 aromatic carbocycles. The molecule has 1 unspecified atom stereocenters. The van der Waals surface area contributed by atoms with Gasteiger partial charge in [-0.15, -0.1) is 11.3 Å². The van der Waals surface area contributed by atoms with Gasteiger partial charge in [0.05, 0.1) is 0 Å². The van der Waals surface area contributed by atoms with Gasteiger partial charge >= 0.3 is 0 Å². The molecule has 2 nitrogen and oxygen atoms in total. The van der Waals surface area contributed by atoms with Crippen LogP contribution in [0.3, 0.4) is 0 Å². The molecule has 0 amide bonds. The highest BCUT2D eigenvalue weighted by atomic mass is 32.1. The molecule has 1 N–H and O–H groups in total. The fraction of sp³-hybridized carbons (Fsp3) is 0.400. The van der Waals surface area contributed by atoms with Gasteiger partial charge in [0.1, 0.15) is 0 Å². The SMILES string of the molecule is CCCNC(Cc1cccs1)c1cccnc1C. The van der Waals surface area contributed by atoms with Crippen molar-refractivity contribution in [1.82, 2.24) is 10.3 Å². The number of nitrogens with one attached hydrogen (secondary N) is 1. The number of hydrogen-bond acceptors (Lipinski definition) is 3. The Bertz CT molecular complexity index is 465. The average molecular weight is 260 g/mol. The maximum Gasteiger partial charge on any atom is 0.0420 e. The fourth-order valence-electron chi connectivity index (χ4n) is 2.11. The van der Waals surface area contributed by atoms with E-state index >= 15 is 0 Å². The van der Waals surface area contributed by atoms with Crippen LogP contribution in [0.4, 0.5) is 0 Å². The second-order valence-corrected chi connectivity index (χ2v) is 5.50. The van der Waals surface area contributed by atoms with E-state index in [1.165, 1.54) is 10.4 Å². The van der Waals surface area contributed by atoms with E-state index in [4.69, 9.17) is 0 Å². The molecule has 2 aromatic heterocycles. The summed E-state index contributed by atoms with van der Waals surface area (Å²) in [5.74, 6) is 0. The maximum atomic E-state index is 4.40. The van der Waals surface area contributed by atoms with Crippen LogP contribution >= 0.6 is 11.3 Å². The summed E-state index contributed by atoms with van der Waals surface area (Å²) in [6.45, 7) is 5.33. The number of nitrogens with zero attached hydrogens (tertiary/aromatic N) is 1. The summed E-state index contributed by atoms with van der Waals surface area (Å²) >= 11 is 1.82. The summed E-state index contributed by atoms with van der Waals surface area (Å²) < 4.78 is 0. The quantitative estimate of drug-likeness (QED) is 0.856. The first-order valence-electron chi connectivity index (χ1n) is 6.48. The molecule has 3 heteroatoms. The Morgan fingerprint density at radius 3 is 2.89 bits per heavy atom. The highest BCUT2D eigenvalue weighted by Crippen LogP contribution is 2.22. The molecule has 2 heterocycles. The molecule has 0 saturated carbocycles. The molecule has 2 rings (SSSR count). The van der Waals surface area contributed by atoms with Crippen LogP contribution in [0.5, 0.6) is 0 Å². The van der Waals surface area contributed by atoms with Crippen LogP contribution in [-0.2, 0) is 6.42 Å². The van der Waals surface area contributed by atoms with Gasteiger partial charge in [-0.3, -0.25) is 4.98 Å². The van der Waals surface area contributed by atoms with Crippen molar-refractivity contribution in [2.24, 2.45) is 0 Å². The van der Waals surface area contributed by atoms with E-state index in [1.54, 1.807) is 0 Å². The van der Waals surface area contributed by atoms with Gasteiger partial charge in [0, 0.05) is 29.2 Å². The highest BCUT2D eigenvalue weighted by Gasteiger charge is 2.14. The van der Waals surface area contributed by atoms with E-state index in [0.29, 0.717) is 6.04 Å². The van der Waals surface area contributed by atoms with Crippen molar-refractivity contribution >= 4 is 11.3 Å². The molecule has 1 atom stereocenters. The largest absolute Gasteiger partial charge is 0.310 e. The Morgan fingerprint density at radius 1 is 1.33 bits per heavy atom. The third-order valence-corrected chi connectivity index (χ3v) is 3.95. The van der Waals surface area contributed by atoms with Gasteiger partial charge in [-0.25, -0.2) is 0 Å². The molecule has 0 saturated heterocycles. The predicted octanol–water partition coefficient (Wildman–Crippen LogP) is 3.73. The van der Waals surface area contributed by atoms with E-state index in [0.717, 1.165) is 25.1 Å². The number of hydrogen-bond donors (Lipinski definition) is 1. The van der Waals surface area contributed by atoms with Gasteiger partial charge in [-0.1, -0.05) is 19.1 Å². The lowest BCUT2D eigenvalue weighted by Gasteiger charge is -2.19. The van der Waals surface area contributed by atoms with Crippen LogP contribution < -0.4 is 5.32 Å². The van der Waals surface area contributed by atoms with Crippen LogP contribution in [0.2, 0.25) is 0 Å². The van der Waals surface area contributed by atoms with E-state index in [-0.39, 0.29) is 0 Å². The van der Waals surface area contributed by atoms with Crippen LogP contribution in [0, 0.1) is 6.92 Å². The molecule has 0 aliphatic heterocycles. The molecule has 0 radical (unpaired) electrons. The molecule has 0 bridgehead atoms. The standard InChI is InChI=1S/C15H20N2S/c1-3-8-17-15(11-13-6-5-10-18-13)14-7-4-9-16-12(14)2/h4-7,9-10,15,17H,3,8,11H2,1-2H3. The van der Waals surface area contributed by atoms with Crippen molar-refractivity contribution in [1.29, 1.82) is 0 Å². The van der Waals surface area contributed by atoms with Gasteiger partial charge < -0.3 is 5.32 Å². The van der Waals surface area contributed by atoms with Crippen molar-refractivity contribution in [3.63, 3.8) is 0 Å². The van der Waals surface area contributed by atoms with E-state index < -0.39 is 0 Å². The van der Waals surface area contributed by atoms with E-state index in [2.05, 4.69) is 47.7 Å². The summed E-state index contributed by atoms with van der Waals surface area (Å²) in [5.41, 5.74) is 2.45.